The molecule has 0 aliphatic rings. The fourth-order valence-electron chi connectivity index (χ4n) is 2.00. The number of rotatable bonds is 9. The number of nitrogens with two attached hydrogens (primary N) is 1. The number of carboxylic acid groups (broad SMARTS) is 1. The number of carbonyl (C=O) groups is 2. The number of hydrogen-bond acceptors (Lipinski definition) is 8. The second kappa shape index (κ2) is 9.30. The smallest absolute Gasteiger partial charge is 0.328 e. The van der Waals surface area contributed by atoms with Crippen molar-refractivity contribution in [2.75, 3.05) is 6.61 Å². The van der Waals surface area contributed by atoms with Crippen LogP contribution >= 0.6 is 0 Å². The van der Waals surface area contributed by atoms with Crippen molar-refractivity contribution in [3.63, 3.8) is 0 Å². The third-order valence-corrected chi connectivity index (χ3v) is 3.77. The Morgan fingerprint density at radius 1 is 1.24 bits per heavy atom. The molecular formula is C14H25N5O6. The van der Waals surface area contributed by atoms with Crippen LogP contribution in [-0.4, -0.2) is 56.3 Å². The molecule has 0 bridgehead atoms. The molecule has 1 aromatic heterocycles. The number of aromatic nitrogens is 2. The predicted octanol–water partition coefficient (Wildman–Crippen LogP) is -0.718. The molecule has 142 valence electrons. The Balaban J connectivity index is 2.91. The summed E-state index contributed by atoms with van der Waals surface area (Å²) in [6, 6.07) is -3.79. The van der Waals surface area contributed by atoms with Crippen LogP contribution in [0.15, 0.2) is 4.42 Å². The minimum Gasteiger partial charge on any atom is -0.480 e. The summed E-state index contributed by atoms with van der Waals surface area (Å²) in [5, 5.41) is 39.8. The van der Waals surface area contributed by atoms with E-state index in [1.807, 2.05) is 13.8 Å². The lowest BCUT2D eigenvalue weighted by Gasteiger charge is -2.23. The van der Waals surface area contributed by atoms with Gasteiger partial charge in [-0.1, -0.05) is 20.3 Å². The van der Waals surface area contributed by atoms with Crippen molar-refractivity contribution < 1.29 is 29.3 Å². The Hall–Kier alpha value is -2.24. The van der Waals surface area contributed by atoms with Gasteiger partial charge in [-0.2, -0.15) is 0 Å². The quantitative estimate of drug-likeness (QED) is 0.331. The summed E-state index contributed by atoms with van der Waals surface area (Å²) >= 11 is 0. The maximum absolute atomic E-state index is 12.1. The van der Waals surface area contributed by atoms with Gasteiger partial charge in [-0.05, 0) is 12.8 Å². The molecule has 25 heavy (non-hydrogen) atoms. The van der Waals surface area contributed by atoms with Crippen LogP contribution in [0, 0.1) is 5.92 Å². The van der Waals surface area contributed by atoms with Gasteiger partial charge in [0.1, 0.15) is 12.1 Å². The number of aliphatic hydroxyl groups is 2. The fraction of sp³-hybridized carbons (Fsp3) is 0.714. The SMILES string of the molecule is CC[C@H](C)C(NC(=O)NC(C(=O)O)C(C)O)c1nnc([C@@H](N)CO)o1. The highest BCUT2D eigenvalue weighted by Gasteiger charge is 2.30. The molecule has 0 fully saturated rings. The van der Waals surface area contributed by atoms with Gasteiger partial charge in [-0.3, -0.25) is 0 Å². The topological polar surface area (TPSA) is 184 Å². The highest BCUT2D eigenvalue weighted by Crippen LogP contribution is 2.24. The number of aliphatic hydroxyl groups excluding tert-OH is 2. The van der Waals surface area contributed by atoms with Gasteiger partial charge in [0.15, 0.2) is 6.04 Å². The van der Waals surface area contributed by atoms with Gasteiger partial charge in [0.05, 0.1) is 12.7 Å². The Bertz CT molecular complexity index is 578. The molecule has 0 aliphatic heterocycles. The standard InChI is InChI=1S/C14H25N5O6/c1-4-6(2)9(12-19-18-11(25-12)8(15)5-20)16-14(24)17-10(7(3)21)13(22)23/h6-10,20-21H,4-5,15H2,1-3H3,(H,22,23)(H2,16,17,24)/t6-,7?,8-,9?,10?/m0/s1. The van der Waals surface area contributed by atoms with Crippen LogP contribution in [0.1, 0.15) is 51.1 Å². The first-order valence-corrected chi connectivity index (χ1v) is 7.88. The Kier molecular flexibility index (Phi) is 7.74. The van der Waals surface area contributed by atoms with Gasteiger partial charge in [0, 0.05) is 0 Å². The van der Waals surface area contributed by atoms with E-state index in [1.165, 1.54) is 6.92 Å². The van der Waals surface area contributed by atoms with E-state index in [-0.39, 0.29) is 24.3 Å². The molecule has 0 radical (unpaired) electrons. The van der Waals surface area contributed by atoms with Crippen LogP contribution in [0.3, 0.4) is 0 Å². The number of nitrogens with one attached hydrogen (secondary N) is 2. The number of hydrogen-bond donors (Lipinski definition) is 6. The third-order valence-electron chi connectivity index (χ3n) is 3.77. The maximum atomic E-state index is 12.1. The second-order valence-corrected chi connectivity index (χ2v) is 5.81. The lowest BCUT2D eigenvalue weighted by atomic mass is 9.99. The maximum Gasteiger partial charge on any atom is 0.328 e. The molecule has 0 saturated carbocycles. The van der Waals surface area contributed by atoms with Crippen molar-refractivity contribution in [2.45, 2.75) is 51.4 Å². The van der Waals surface area contributed by atoms with E-state index in [1.54, 1.807) is 0 Å². The van der Waals surface area contributed by atoms with E-state index in [2.05, 4.69) is 20.8 Å². The van der Waals surface area contributed by atoms with E-state index in [9.17, 15) is 14.7 Å². The van der Waals surface area contributed by atoms with Gasteiger partial charge in [-0.15, -0.1) is 10.2 Å². The fourth-order valence-corrected chi connectivity index (χ4v) is 2.00. The molecule has 11 heteroatoms. The zero-order valence-corrected chi connectivity index (χ0v) is 14.3. The van der Waals surface area contributed by atoms with Crippen molar-refractivity contribution in [1.29, 1.82) is 0 Å². The lowest BCUT2D eigenvalue weighted by Crippen LogP contribution is -2.52. The molecule has 0 spiro atoms. The monoisotopic (exact) mass is 359 g/mol. The van der Waals surface area contributed by atoms with Crippen molar-refractivity contribution >= 4 is 12.0 Å². The van der Waals surface area contributed by atoms with Crippen LogP contribution in [0.25, 0.3) is 0 Å². The predicted molar refractivity (Wildman–Crippen MR) is 85.3 cm³/mol. The lowest BCUT2D eigenvalue weighted by molar-refractivity contribution is -0.141. The van der Waals surface area contributed by atoms with Crippen molar-refractivity contribution in [1.82, 2.24) is 20.8 Å². The number of carboxylic acids is 1. The van der Waals surface area contributed by atoms with Crippen LogP contribution < -0.4 is 16.4 Å². The van der Waals surface area contributed by atoms with Crippen molar-refractivity contribution in [2.24, 2.45) is 11.7 Å². The van der Waals surface area contributed by atoms with E-state index in [0.29, 0.717) is 6.42 Å². The van der Waals surface area contributed by atoms with Gasteiger partial charge >= 0.3 is 12.0 Å². The van der Waals surface area contributed by atoms with E-state index in [4.69, 9.17) is 20.4 Å². The molecule has 1 aromatic rings. The van der Waals surface area contributed by atoms with Gasteiger partial charge < -0.3 is 36.1 Å². The first kappa shape index (κ1) is 20.8. The molecule has 0 saturated heterocycles. The molecule has 0 aliphatic carbocycles. The molecule has 5 atom stereocenters. The number of amides is 2. The zero-order valence-electron chi connectivity index (χ0n) is 14.3. The first-order valence-electron chi connectivity index (χ1n) is 7.88. The van der Waals surface area contributed by atoms with Gasteiger partial charge in [0.25, 0.3) is 0 Å². The Morgan fingerprint density at radius 2 is 1.84 bits per heavy atom. The summed E-state index contributed by atoms with van der Waals surface area (Å²) in [6.45, 7) is 4.61. The highest BCUT2D eigenvalue weighted by atomic mass is 16.4. The Labute approximate surface area is 144 Å². The molecule has 1 rings (SSSR count). The second-order valence-electron chi connectivity index (χ2n) is 5.81. The summed E-state index contributed by atoms with van der Waals surface area (Å²) in [4.78, 5) is 23.2. The largest absolute Gasteiger partial charge is 0.480 e. The minimum atomic E-state index is -1.46. The number of urea groups is 1. The number of aliphatic carboxylic acids is 1. The van der Waals surface area contributed by atoms with Gasteiger partial charge in [0.2, 0.25) is 11.8 Å². The summed E-state index contributed by atoms with van der Waals surface area (Å²) in [7, 11) is 0. The van der Waals surface area contributed by atoms with Crippen LogP contribution in [0.4, 0.5) is 4.79 Å². The highest BCUT2D eigenvalue weighted by molar-refractivity contribution is 5.83. The van der Waals surface area contributed by atoms with Crippen LogP contribution in [0.2, 0.25) is 0 Å². The Morgan fingerprint density at radius 3 is 2.32 bits per heavy atom. The average molecular weight is 359 g/mol. The normalized spacial score (nSPS) is 17.2. The summed E-state index contributed by atoms with van der Waals surface area (Å²) in [6.07, 6.45) is -0.615. The van der Waals surface area contributed by atoms with Crippen molar-refractivity contribution in [3.8, 4) is 0 Å². The average Bonchev–Trinajstić information content (AvgIpc) is 3.05. The van der Waals surface area contributed by atoms with E-state index >= 15 is 0 Å². The summed E-state index contributed by atoms with van der Waals surface area (Å²) < 4.78 is 5.41. The van der Waals surface area contributed by atoms with E-state index in [0.717, 1.165) is 0 Å². The van der Waals surface area contributed by atoms with Crippen LogP contribution in [-0.2, 0) is 4.79 Å². The first-order chi connectivity index (χ1) is 11.7. The van der Waals surface area contributed by atoms with Gasteiger partial charge in [-0.25, -0.2) is 9.59 Å². The molecule has 3 unspecified atom stereocenters. The molecule has 7 N–H and O–H groups in total. The molecule has 2 amide bonds. The van der Waals surface area contributed by atoms with Crippen molar-refractivity contribution in [3.05, 3.63) is 11.8 Å². The molecule has 1 heterocycles. The molecular weight excluding hydrogens is 334 g/mol. The minimum absolute atomic E-state index is 0.0282. The molecule has 0 aromatic carbocycles. The summed E-state index contributed by atoms with van der Waals surface area (Å²) in [5.74, 6) is -1.36. The zero-order chi connectivity index (χ0) is 19.1. The third kappa shape index (κ3) is 5.66. The number of nitrogens with zero attached hydrogens (tertiary/aromatic N) is 2. The van der Waals surface area contributed by atoms with E-state index < -0.39 is 36.2 Å². The number of carbonyl (C=O) groups excluding carboxylic acids is 1. The molecule has 11 nitrogen and oxygen atoms in total. The van der Waals surface area contributed by atoms with Crippen LogP contribution in [0.5, 0.6) is 0 Å². The summed E-state index contributed by atoms with van der Waals surface area (Å²) in [5.41, 5.74) is 5.61.